The molecule has 2 aromatic rings. The summed E-state index contributed by atoms with van der Waals surface area (Å²) >= 11 is 1.79. The van der Waals surface area contributed by atoms with E-state index >= 15 is 0 Å². The van der Waals surface area contributed by atoms with E-state index in [1.54, 1.807) is 11.3 Å². The van der Waals surface area contributed by atoms with Crippen molar-refractivity contribution >= 4 is 27.3 Å². The first-order valence-electron chi connectivity index (χ1n) is 7.20. The molecule has 1 unspecified atom stereocenters. The SMILES string of the molecule is CC(CN1CCCC1=O)NCc1csc2ccccc12. The maximum absolute atomic E-state index is 11.6. The Balaban J connectivity index is 1.57. The smallest absolute Gasteiger partial charge is 0.222 e. The van der Waals surface area contributed by atoms with Crippen LogP contribution in [0.1, 0.15) is 25.3 Å². The highest BCUT2D eigenvalue weighted by atomic mass is 32.1. The first-order valence-corrected chi connectivity index (χ1v) is 8.08. The average molecular weight is 288 g/mol. The van der Waals surface area contributed by atoms with E-state index in [0.29, 0.717) is 11.9 Å². The van der Waals surface area contributed by atoms with E-state index in [0.717, 1.165) is 32.5 Å². The highest BCUT2D eigenvalue weighted by Crippen LogP contribution is 2.25. The molecule has 106 valence electrons. The first kappa shape index (κ1) is 13.6. The number of amides is 1. The first-order chi connectivity index (χ1) is 9.74. The molecule has 1 aliphatic rings. The highest BCUT2D eigenvalue weighted by molar-refractivity contribution is 7.17. The van der Waals surface area contributed by atoms with E-state index < -0.39 is 0 Å². The minimum atomic E-state index is 0.305. The van der Waals surface area contributed by atoms with E-state index in [9.17, 15) is 4.79 Å². The summed E-state index contributed by atoms with van der Waals surface area (Å²) in [4.78, 5) is 13.6. The molecule has 1 aliphatic heterocycles. The minimum Gasteiger partial charge on any atom is -0.341 e. The standard InChI is InChI=1S/C16H20N2OS/c1-12(10-18-8-4-7-16(18)19)17-9-13-11-20-15-6-3-2-5-14(13)15/h2-3,5-6,11-12,17H,4,7-10H2,1H3. The van der Waals surface area contributed by atoms with Crippen LogP contribution in [0, 0.1) is 0 Å². The number of nitrogens with one attached hydrogen (secondary N) is 1. The lowest BCUT2D eigenvalue weighted by atomic mass is 10.1. The molecule has 1 aromatic heterocycles. The molecule has 0 saturated carbocycles. The fourth-order valence-electron chi connectivity index (χ4n) is 2.75. The quantitative estimate of drug-likeness (QED) is 0.917. The molecule has 0 spiro atoms. The van der Waals surface area contributed by atoms with Gasteiger partial charge in [0.1, 0.15) is 0 Å². The van der Waals surface area contributed by atoms with Crippen LogP contribution < -0.4 is 5.32 Å². The summed E-state index contributed by atoms with van der Waals surface area (Å²) in [6, 6.07) is 8.84. The van der Waals surface area contributed by atoms with Gasteiger partial charge in [-0.25, -0.2) is 0 Å². The van der Waals surface area contributed by atoms with Gasteiger partial charge in [0, 0.05) is 36.8 Å². The Morgan fingerprint density at radius 2 is 2.25 bits per heavy atom. The predicted molar refractivity (Wildman–Crippen MR) is 83.9 cm³/mol. The van der Waals surface area contributed by atoms with Crippen molar-refractivity contribution in [3.63, 3.8) is 0 Å². The van der Waals surface area contributed by atoms with Crippen molar-refractivity contribution in [2.75, 3.05) is 13.1 Å². The number of hydrogen-bond acceptors (Lipinski definition) is 3. The Morgan fingerprint density at radius 1 is 1.40 bits per heavy atom. The van der Waals surface area contributed by atoms with E-state index in [2.05, 4.69) is 41.9 Å². The third kappa shape index (κ3) is 2.86. The van der Waals surface area contributed by atoms with Crippen LogP contribution in [0.15, 0.2) is 29.6 Å². The van der Waals surface area contributed by atoms with Crippen LogP contribution in [0.4, 0.5) is 0 Å². The van der Waals surface area contributed by atoms with E-state index in [4.69, 9.17) is 0 Å². The zero-order valence-corrected chi connectivity index (χ0v) is 12.6. The fourth-order valence-corrected chi connectivity index (χ4v) is 3.71. The second-order valence-electron chi connectivity index (χ2n) is 5.48. The van der Waals surface area contributed by atoms with Crippen LogP contribution >= 0.6 is 11.3 Å². The molecule has 1 aromatic carbocycles. The van der Waals surface area contributed by atoms with Gasteiger partial charge < -0.3 is 10.2 Å². The van der Waals surface area contributed by atoms with E-state index in [1.807, 2.05) is 4.90 Å². The van der Waals surface area contributed by atoms with Crippen LogP contribution in [0.3, 0.4) is 0 Å². The molecule has 0 bridgehead atoms. The largest absolute Gasteiger partial charge is 0.341 e. The maximum Gasteiger partial charge on any atom is 0.222 e. The summed E-state index contributed by atoms with van der Waals surface area (Å²) < 4.78 is 1.34. The number of carbonyl (C=O) groups is 1. The highest BCUT2D eigenvalue weighted by Gasteiger charge is 2.21. The Hall–Kier alpha value is -1.39. The number of fused-ring (bicyclic) bond motifs is 1. The molecule has 20 heavy (non-hydrogen) atoms. The molecule has 3 rings (SSSR count). The van der Waals surface area contributed by atoms with E-state index in [-0.39, 0.29) is 0 Å². The lowest BCUT2D eigenvalue weighted by Gasteiger charge is -2.21. The summed E-state index contributed by atoms with van der Waals surface area (Å²) in [5.41, 5.74) is 1.35. The predicted octanol–water partition coefficient (Wildman–Crippen LogP) is 3.00. The van der Waals surface area contributed by atoms with Gasteiger partial charge in [-0.05, 0) is 35.7 Å². The summed E-state index contributed by atoms with van der Waals surface area (Å²) in [6.07, 6.45) is 1.74. The van der Waals surface area contributed by atoms with Gasteiger partial charge in [0.15, 0.2) is 0 Å². The molecule has 1 N–H and O–H groups in total. The molecular weight excluding hydrogens is 268 g/mol. The zero-order chi connectivity index (χ0) is 13.9. The Kier molecular flexibility index (Phi) is 4.03. The molecule has 1 fully saturated rings. The van der Waals surface area contributed by atoms with Gasteiger partial charge in [0.05, 0.1) is 0 Å². The number of thiophene rings is 1. The molecule has 0 radical (unpaired) electrons. The third-order valence-corrected chi connectivity index (χ3v) is 4.88. The van der Waals surface area contributed by atoms with Gasteiger partial charge >= 0.3 is 0 Å². The van der Waals surface area contributed by atoms with Gasteiger partial charge in [-0.15, -0.1) is 11.3 Å². The molecule has 3 nitrogen and oxygen atoms in total. The topological polar surface area (TPSA) is 32.3 Å². The minimum absolute atomic E-state index is 0.305. The molecular formula is C16H20N2OS. The third-order valence-electron chi connectivity index (χ3n) is 3.87. The van der Waals surface area contributed by atoms with Crippen molar-refractivity contribution in [1.82, 2.24) is 10.2 Å². The van der Waals surface area contributed by atoms with Gasteiger partial charge in [-0.3, -0.25) is 4.79 Å². The van der Waals surface area contributed by atoms with Gasteiger partial charge in [-0.1, -0.05) is 18.2 Å². The molecule has 2 heterocycles. The molecule has 1 saturated heterocycles. The van der Waals surface area contributed by atoms with E-state index in [1.165, 1.54) is 15.6 Å². The molecule has 4 heteroatoms. The van der Waals surface area contributed by atoms with Crippen LogP contribution in [-0.4, -0.2) is 29.9 Å². The van der Waals surface area contributed by atoms with Gasteiger partial charge in [0.25, 0.3) is 0 Å². The number of nitrogens with zero attached hydrogens (tertiary/aromatic N) is 1. The van der Waals surface area contributed by atoms with Crippen LogP contribution in [0.25, 0.3) is 10.1 Å². The summed E-state index contributed by atoms with van der Waals surface area (Å²) in [5.74, 6) is 0.305. The van der Waals surface area contributed by atoms with Crippen molar-refractivity contribution in [3.05, 3.63) is 35.2 Å². The van der Waals surface area contributed by atoms with Crippen LogP contribution in [0.5, 0.6) is 0 Å². The number of carbonyl (C=O) groups excluding carboxylic acids is 1. The Labute approximate surface area is 123 Å². The summed E-state index contributed by atoms with van der Waals surface area (Å²) in [5, 5.41) is 7.11. The lowest BCUT2D eigenvalue weighted by molar-refractivity contribution is -0.127. The number of rotatable bonds is 5. The summed E-state index contributed by atoms with van der Waals surface area (Å²) in [6.45, 7) is 4.76. The number of likely N-dealkylation sites (tertiary alicyclic amines) is 1. The zero-order valence-electron chi connectivity index (χ0n) is 11.8. The monoisotopic (exact) mass is 288 g/mol. The summed E-state index contributed by atoms with van der Waals surface area (Å²) in [7, 11) is 0. The van der Waals surface area contributed by atoms with Crippen molar-refractivity contribution in [2.24, 2.45) is 0 Å². The van der Waals surface area contributed by atoms with Crippen molar-refractivity contribution < 1.29 is 4.79 Å². The second-order valence-corrected chi connectivity index (χ2v) is 6.39. The molecule has 1 atom stereocenters. The Morgan fingerprint density at radius 3 is 3.05 bits per heavy atom. The average Bonchev–Trinajstić information content (AvgIpc) is 3.04. The lowest BCUT2D eigenvalue weighted by Crippen LogP contribution is -2.39. The number of benzene rings is 1. The van der Waals surface area contributed by atoms with Crippen molar-refractivity contribution in [2.45, 2.75) is 32.4 Å². The van der Waals surface area contributed by atoms with Crippen molar-refractivity contribution in [3.8, 4) is 0 Å². The van der Waals surface area contributed by atoms with Gasteiger partial charge in [-0.2, -0.15) is 0 Å². The van der Waals surface area contributed by atoms with Crippen molar-refractivity contribution in [1.29, 1.82) is 0 Å². The molecule has 0 aliphatic carbocycles. The normalized spacial score (nSPS) is 17.1. The second kappa shape index (κ2) is 5.94. The van der Waals surface area contributed by atoms with Gasteiger partial charge in [0.2, 0.25) is 5.91 Å². The Bertz CT molecular complexity index is 607. The number of hydrogen-bond donors (Lipinski definition) is 1. The van der Waals surface area contributed by atoms with Crippen LogP contribution in [0.2, 0.25) is 0 Å². The fraction of sp³-hybridized carbons (Fsp3) is 0.438. The van der Waals surface area contributed by atoms with Crippen LogP contribution in [-0.2, 0) is 11.3 Å². The molecule has 1 amide bonds. The maximum atomic E-state index is 11.6.